The van der Waals surface area contributed by atoms with Crippen LogP contribution in [0.15, 0.2) is 56.2 Å². The lowest BCUT2D eigenvalue weighted by atomic mass is 10.1. The van der Waals surface area contributed by atoms with Crippen molar-refractivity contribution in [2.45, 2.75) is 18.9 Å². The fourth-order valence-corrected chi connectivity index (χ4v) is 2.84. The first-order valence-corrected chi connectivity index (χ1v) is 7.18. The van der Waals surface area contributed by atoms with Crippen LogP contribution in [-0.2, 0) is 0 Å². The lowest BCUT2D eigenvalue weighted by Gasteiger charge is -2.21. The number of rotatable bonds is 3. The van der Waals surface area contributed by atoms with Crippen LogP contribution in [-0.4, -0.2) is 22.5 Å². The third kappa shape index (κ3) is 2.13. The summed E-state index contributed by atoms with van der Waals surface area (Å²) in [6.45, 7) is 0.688. The van der Waals surface area contributed by atoms with Gasteiger partial charge in [-0.25, -0.2) is 0 Å². The van der Waals surface area contributed by atoms with Crippen LogP contribution in [0, 0.1) is 0 Å². The summed E-state index contributed by atoms with van der Waals surface area (Å²) < 4.78 is 15.9. The minimum Gasteiger partial charge on any atom is -0.467 e. The van der Waals surface area contributed by atoms with Crippen molar-refractivity contribution in [2.24, 2.45) is 0 Å². The summed E-state index contributed by atoms with van der Waals surface area (Å²) in [5.74, 6) is 1.65. The summed E-state index contributed by atoms with van der Waals surface area (Å²) in [7, 11) is 0. The Morgan fingerprint density at radius 2 is 2.05 bits per heavy atom. The third-order valence-electron chi connectivity index (χ3n) is 3.88. The predicted molar refractivity (Wildman–Crippen MR) is 75.9 cm³/mol. The fraction of sp³-hybridized carbons (Fsp3) is 0.250. The molecule has 0 bridgehead atoms. The van der Waals surface area contributed by atoms with E-state index in [1.807, 2.05) is 12.1 Å². The fourth-order valence-electron chi connectivity index (χ4n) is 2.84. The minimum atomic E-state index is -0.152. The molecule has 1 fully saturated rings. The van der Waals surface area contributed by atoms with Crippen molar-refractivity contribution in [3.05, 3.63) is 54.3 Å². The molecule has 0 saturated carbocycles. The largest absolute Gasteiger partial charge is 0.467 e. The topological polar surface area (TPSA) is 72.6 Å². The monoisotopic (exact) mass is 298 g/mol. The lowest BCUT2D eigenvalue weighted by Crippen LogP contribution is -2.30. The predicted octanol–water partition coefficient (Wildman–Crippen LogP) is 3.50. The standard InChI is InChI=1S/C16H14N2O4/c19-16(11-10-15(22-17-11)14-6-3-9-21-14)18-7-1-4-12(18)13-5-2-8-20-13/h2-3,5-6,8-10,12H,1,4,7H2/t12-/m1/s1. The number of amides is 1. The average Bonchev–Trinajstić information content (AvgIpc) is 3.35. The molecule has 1 saturated heterocycles. The van der Waals surface area contributed by atoms with Crippen molar-refractivity contribution in [1.82, 2.24) is 10.1 Å². The van der Waals surface area contributed by atoms with Gasteiger partial charge in [-0.15, -0.1) is 0 Å². The van der Waals surface area contributed by atoms with E-state index in [-0.39, 0.29) is 17.6 Å². The number of hydrogen-bond donors (Lipinski definition) is 0. The Kier molecular flexibility index (Phi) is 3.07. The first-order valence-electron chi connectivity index (χ1n) is 7.18. The highest BCUT2D eigenvalue weighted by atomic mass is 16.5. The van der Waals surface area contributed by atoms with Crippen LogP contribution >= 0.6 is 0 Å². The quantitative estimate of drug-likeness (QED) is 0.740. The molecule has 0 aliphatic carbocycles. The number of carbonyl (C=O) groups is 1. The van der Waals surface area contributed by atoms with Crippen molar-refractivity contribution < 1.29 is 18.2 Å². The number of nitrogens with zero attached hydrogens (tertiary/aromatic N) is 2. The molecule has 22 heavy (non-hydrogen) atoms. The summed E-state index contributed by atoms with van der Waals surface area (Å²) in [5, 5.41) is 3.88. The number of carbonyl (C=O) groups excluding carboxylic acids is 1. The van der Waals surface area contributed by atoms with Crippen LogP contribution in [0.4, 0.5) is 0 Å². The maximum Gasteiger partial charge on any atom is 0.276 e. The molecule has 0 radical (unpaired) electrons. The van der Waals surface area contributed by atoms with E-state index in [4.69, 9.17) is 13.4 Å². The molecule has 0 spiro atoms. The van der Waals surface area contributed by atoms with E-state index in [0.29, 0.717) is 18.1 Å². The Morgan fingerprint density at radius 3 is 2.82 bits per heavy atom. The van der Waals surface area contributed by atoms with Crippen LogP contribution in [0.1, 0.15) is 35.1 Å². The smallest absolute Gasteiger partial charge is 0.276 e. The van der Waals surface area contributed by atoms with Gasteiger partial charge in [-0.05, 0) is 37.1 Å². The van der Waals surface area contributed by atoms with Gasteiger partial charge < -0.3 is 18.3 Å². The second kappa shape index (κ2) is 5.22. The molecular weight excluding hydrogens is 284 g/mol. The molecule has 1 atom stereocenters. The molecule has 6 heteroatoms. The van der Waals surface area contributed by atoms with E-state index >= 15 is 0 Å². The Balaban J connectivity index is 1.59. The highest BCUT2D eigenvalue weighted by molar-refractivity contribution is 5.93. The van der Waals surface area contributed by atoms with Gasteiger partial charge in [0.2, 0.25) is 5.76 Å². The first-order chi connectivity index (χ1) is 10.8. The molecular formula is C16H14N2O4. The Bertz CT molecular complexity index is 758. The maximum absolute atomic E-state index is 12.7. The Labute approximate surface area is 126 Å². The number of hydrogen-bond acceptors (Lipinski definition) is 5. The number of aromatic nitrogens is 1. The molecule has 112 valence electrons. The van der Waals surface area contributed by atoms with Gasteiger partial charge in [-0.1, -0.05) is 5.16 Å². The number of furan rings is 2. The lowest BCUT2D eigenvalue weighted by molar-refractivity contribution is 0.0709. The van der Waals surface area contributed by atoms with Gasteiger partial charge in [0.05, 0.1) is 18.6 Å². The molecule has 6 nitrogen and oxygen atoms in total. The van der Waals surface area contributed by atoms with E-state index < -0.39 is 0 Å². The van der Waals surface area contributed by atoms with Gasteiger partial charge in [0.25, 0.3) is 5.91 Å². The van der Waals surface area contributed by atoms with Crippen LogP contribution in [0.5, 0.6) is 0 Å². The van der Waals surface area contributed by atoms with Gasteiger partial charge >= 0.3 is 0 Å². The second-order valence-corrected chi connectivity index (χ2v) is 5.23. The molecule has 3 aromatic rings. The molecule has 1 aliphatic rings. The molecule has 4 rings (SSSR count). The highest BCUT2D eigenvalue weighted by Gasteiger charge is 2.33. The summed E-state index contributed by atoms with van der Waals surface area (Å²) >= 11 is 0. The van der Waals surface area contributed by atoms with E-state index in [9.17, 15) is 4.79 Å². The average molecular weight is 298 g/mol. The van der Waals surface area contributed by atoms with Gasteiger partial charge in [-0.3, -0.25) is 4.79 Å². The van der Waals surface area contributed by atoms with Crippen LogP contribution in [0.2, 0.25) is 0 Å². The van der Waals surface area contributed by atoms with E-state index in [1.165, 1.54) is 0 Å². The van der Waals surface area contributed by atoms with Crippen LogP contribution < -0.4 is 0 Å². The molecule has 0 aromatic carbocycles. The molecule has 3 aromatic heterocycles. The minimum absolute atomic E-state index is 0.0359. The summed E-state index contributed by atoms with van der Waals surface area (Å²) in [5.41, 5.74) is 0.282. The van der Waals surface area contributed by atoms with Crippen molar-refractivity contribution in [3.8, 4) is 11.5 Å². The normalized spacial score (nSPS) is 18.0. The SMILES string of the molecule is O=C(c1cc(-c2ccco2)on1)N1CCC[C@@H]1c1ccco1. The summed E-state index contributed by atoms with van der Waals surface area (Å²) in [4.78, 5) is 14.4. The summed E-state index contributed by atoms with van der Waals surface area (Å²) in [6.07, 6.45) is 5.01. The zero-order chi connectivity index (χ0) is 14.9. The zero-order valence-electron chi connectivity index (χ0n) is 11.8. The van der Waals surface area contributed by atoms with Crippen LogP contribution in [0.25, 0.3) is 11.5 Å². The Morgan fingerprint density at radius 1 is 1.18 bits per heavy atom. The van der Waals surface area contributed by atoms with Gasteiger partial charge in [0, 0.05) is 12.6 Å². The van der Waals surface area contributed by atoms with Crippen molar-refractivity contribution >= 4 is 5.91 Å². The van der Waals surface area contributed by atoms with Gasteiger partial charge in [0.15, 0.2) is 11.5 Å². The van der Waals surface area contributed by atoms with E-state index in [0.717, 1.165) is 18.6 Å². The Hall–Kier alpha value is -2.76. The molecule has 1 aliphatic heterocycles. The third-order valence-corrected chi connectivity index (χ3v) is 3.88. The second-order valence-electron chi connectivity index (χ2n) is 5.23. The van der Waals surface area contributed by atoms with Crippen molar-refractivity contribution in [1.29, 1.82) is 0 Å². The van der Waals surface area contributed by atoms with Crippen molar-refractivity contribution in [3.63, 3.8) is 0 Å². The van der Waals surface area contributed by atoms with E-state index in [2.05, 4.69) is 5.16 Å². The zero-order valence-corrected chi connectivity index (χ0v) is 11.8. The first kappa shape index (κ1) is 12.9. The maximum atomic E-state index is 12.7. The van der Waals surface area contributed by atoms with Gasteiger partial charge in [-0.2, -0.15) is 0 Å². The number of likely N-dealkylation sites (tertiary alicyclic amines) is 1. The van der Waals surface area contributed by atoms with Crippen molar-refractivity contribution in [2.75, 3.05) is 6.54 Å². The molecule has 4 heterocycles. The molecule has 1 amide bonds. The molecule has 0 unspecified atom stereocenters. The summed E-state index contributed by atoms with van der Waals surface area (Å²) in [6, 6.07) is 8.82. The van der Waals surface area contributed by atoms with E-state index in [1.54, 1.807) is 35.6 Å². The van der Waals surface area contributed by atoms with Gasteiger partial charge in [0.1, 0.15) is 5.76 Å². The molecule has 0 N–H and O–H groups in total. The van der Waals surface area contributed by atoms with Crippen LogP contribution in [0.3, 0.4) is 0 Å². The highest BCUT2D eigenvalue weighted by Crippen LogP contribution is 2.33.